The molecule has 1 rings (SSSR count). The average Bonchev–Trinajstić information content (AvgIpc) is 2.36. The lowest BCUT2D eigenvalue weighted by atomic mass is 9.95. The van der Waals surface area contributed by atoms with Crippen LogP contribution in [-0.2, 0) is 9.84 Å². The van der Waals surface area contributed by atoms with Crippen molar-refractivity contribution in [1.82, 2.24) is 10.2 Å². The normalized spacial score (nSPS) is 27.4. The van der Waals surface area contributed by atoms with Crippen molar-refractivity contribution < 1.29 is 8.42 Å². The van der Waals surface area contributed by atoms with Gasteiger partial charge in [-0.1, -0.05) is 27.2 Å². The number of sulfone groups is 1. The van der Waals surface area contributed by atoms with E-state index < -0.39 is 9.84 Å². The van der Waals surface area contributed by atoms with Gasteiger partial charge in [0.15, 0.2) is 0 Å². The van der Waals surface area contributed by atoms with Gasteiger partial charge in [0.25, 0.3) is 0 Å². The first-order valence-electron chi connectivity index (χ1n) is 7.52. The van der Waals surface area contributed by atoms with Gasteiger partial charge in [-0.15, -0.1) is 0 Å². The summed E-state index contributed by atoms with van der Waals surface area (Å²) < 4.78 is 22.4. The first-order chi connectivity index (χ1) is 8.87. The van der Waals surface area contributed by atoms with Gasteiger partial charge in [-0.05, 0) is 25.3 Å². The first-order valence-corrected chi connectivity index (χ1v) is 9.58. The van der Waals surface area contributed by atoms with E-state index in [9.17, 15) is 8.42 Å². The summed E-state index contributed by atoms with van der Waals surface area (Å²) in [6, 6.07) is 1.10. The molecule has 0 spiro atoms. The van der Waals surface area contributed by atoms with Crippen molar-refractivity contribution in [3.05, 3.63) is 0 Å². The zero-order valence-corrected chi connectivity index (χ0v) is 13.7. The van der Waals surface area contributed by atoms with Gasteiger partial charge in [-0.25, -0.2) is 8.42 Å². The fourth-order valence-corrected chi connectivity index (χ4v) is 3.41. The van der Waals surface area contributed by atoms with E-state index >= 15 is 0 Å². The second-order valence-corrected chi connectivity index (χ2v) is 8.20. The molecule has 0 radical (unpaired) electrons. The van der Waals surface area contributed by atoms with E-state index in [-0.39, 0.29) is 0 Å². The maximum atomic E-state index is 11.2. The molecule has 0 aromatic carbocycles. The molecule has 0 aromatic heterocycles. The van der Waals surface area contributed by atoms with Crippen LogP contribution < -0.4 is 5.32 Å². The van der Waals surface area contributed by atoms with Crippen molar-refractivity contribution in [2.24, 2.45) is 5.92 Å². The second kappa shape index (κ2) is 7.60. The number of hydrogen-bond donors (Lipinski definition) is 1. The molecular formula is C14H30N2O2S. The molecule has 1 aliphatic rings. The molecular weight excluding hydrogens is 260 g/mol. The van der Waals surface area contributed by atoms with Crippen LogP contribution in [0.4, 0.5) is 0 Å². The lowest BCUT2D eigenvalue weighted by Crippen LogP contribution is -2.58. The third-order valence-corrected chi connectivity index (χ3v) is 5.36. The van der Waals surface area contributed by atoms with E-state index in [0.717, 1.165) is 32.5 Å². The minimum Gasteiger partial charge on any atom is -0.311 e. The quantitative estimate of drug-likeness (QED) is 0.772. The van der Waals surface area contributed by atoms with Gasteiger partial charge in [0.1, 0.15) is 9.84 Å². The fourth-order valence-electron chi connectivity index (χ4n) is 2.75. The van der Waals surface area contributed by atoms with Gasteiger partial charge in [0.05, 0.1) is 5.75 Å². The van der Waals surface area contributed by atoms with Crippen molar-refractivity contribution in [2.75, 3.05) is 31.6 Å². The molecule has 0 saturated carbocycles. The summed E-state index contributed by atoms with van der Waals surface area (Å²) in [6.07, 6.45) is 4.39. The molecule has 4 nitrogen and oxygen atoms in total. The molecule has 0 amide bonds. The van der Waals surface area contributed by atoms with Gasteiger partial charge in [-0.2, -0.15) is 0 Å². The Balaban J connectivity index is 2.50. The predicted octanol–water partition coefficient (Wildman–Crippen LogP) is 1.52. The minimum atomic E-state index is -2.83. The highest BCUT2D eigenvalue weighted by Crippen LogP contribution is 2.17. The van der Waals surface area contributed by atoms with Crippen molar-refractivity contribution in [3.63, 3.8) is 0 Å². The number of rotatable bonds is 7. The molecule has 1 aliphatic heterocycles. The van der Waals surface area contributed by atoms with Crippen molar-refractivity contribution in [2.45, 2.75) is 52.1 Å². The fraction of sp³-hybridized carbons (Fsp3) is 1.00. The standard InChI is InChI=1S/C14H30N2O2S/c1-5-12(3)14-11-16(13(6-2)10-15-14)8-7-9-19(4,17)18/h12-15H,5-11H2,1-4H3. The lowest BCUT2D eigenvalue weighted by Gasteiger charge is -2.42. The van der Waals surface area contributed by atoms with Crippen LogP contribution in [0, 0.1) is 5.92 Å². The highest BCUT2D eigenvalue weighted by Gasteiger charge is 2.28. The Morgan fingerprint density at radius 1 is 1.37 bits per heavy atom. The summed E-state index contributed by atoms with van der Waals surface area (Å²) in [5, 5.41) is 3.65. The van der Waals surface area contributed by atoms with Gasteiger partial charge in [-0.3, -0.25) is 4.90 Å². The Hall–Kier alpha value is -0.130. The Morgan fingerprint density at radius 3 is 2.58 bits per heavy atom. The predicted molar refractivity (Wildman–Crippen MR) is 81.2 cm³/mol. The van der Waals surface area contributed by atoms with Gasteiger partial charge < -0.3 is 5.32 Å². The van der Waals surface area contributed by atoms with E-state index in [0.29, 0.717) is 23.8 Å². The zero-order valence-electron chi connectivity index (χ0n) is 12.9. The van der Waals surface area contributed by atoms with Crippen LogP contribution in [0.3, 0.4) is 0 Å². The maximum absolute atomic E-state index is 11.2. The van der Waals surface area contributed by atoms with E-state index in [4.69, 9.17) is 0 Å². The van der Waals surface area contributed by atoms with Crippen LogP contribution in [0.15, 0.2) is 0 Å². The van der Waals surface area contributed by atoms with Crippen LogP contribution in [0.5, 0.6) is 0 Å². The van der Waals surface area contributed by atoms with Crippen LogP contribution in [0.25, 0.3) is 0 Å². The summed E-state index contributed by atoms with van der Waals surface area (Å²) in [6.45, 7) is 9.71. The number of hydrogen-bond acceptors (Lipinski definition) is 4. The van der Waals surface area contributed by atoms with E-state index in [1.165, 1.54) is 12.7 Å². The van der Waals surface area contributed by atoms with Gasteiger partial charge in [0.2, 0.25) is 0 Å². The van der Waals surface area contributed by atoms with E-state index in [2.05, 4.69) is 31.0 Å². The highest BCUT2D eigenvalue weighted by molar-refractivity contribution is 7.90. The van der Waals surface area contributed by atoms with Crippen LogP contribution in [0.2, 0.25) is 0 Å². The monoisotopic (exact) mass is 290 g/mol. The molecule has 0 aliphatic carbocycles. The topological polar surface area (TPSA) is 49.4 Å². The van der Waals surface area contributed by atoms with Crippen LogP contribution in [-0.4, -0.2) is 57.0 Å². The lowest BCUT2D eigenvalue weighted by molar-refractivity contribution is 0.107. The zero-order chi connectivity index (χ0) is 14.5. The van der Waals surface area contributed by atoms with E-state index in [1.807, 2.05) is 0 Å². The molecule has 114 valence electrons. The average molecular weight is 290 g/mol. The van der Waals surface area contributed by atoms with Crippen molar-refractivity contribution in [3.8, 4) is 0 Å². The molecule has 3 atom stereocenters. The highest BCUT2D eigenvalue weighted by atomic mass is 32.2. The number of piperazine rings is 1. The smallest absolute Gasteiger partial charge is 0.147 e. The molecule has 1 saturated heterocycles. The first kappa shape index (κ1) is 16.9. The molecule has 0 aromatic rings. The number of nitrogens with zero attached hydrogens (tertiary/aromatic N) is 1. The summed E-state index contributed by atoms with van der Waals surface area (Å²) in [5.41, 5.74) is 0. The largest absolute Gasteiger partial charge is 0.311 e. The second-order valence-electron chi connectivity index (χ2n) is 5.94. The summed E-state index contributed by atoms with van der Waals surface area (Å²) in [4.78, 5) is 2.48. The van der Waals surface area contributed by atoms with Gasteiger partial charge in [0, 0.05) is 31.4 Å². The summed E-state index contributed by atoms with van der Waals surface area (Å²) in [7, 11) is -2.83. The Morgan fingerprint density at radius 2 is 2.05 bits per heavy atom. The number of nitrogens with one attached hydrogen (secondary N) is 1. The van der Waals surface area contributed by atoms with Crippen LogP contribution in [0.1, 0.15) is 40.0 Å². The molecule has 1 fully saturated rings. The maximum Gasteiger partial charge on any atom is 0.147 e. The van der Waals surface area contributed by atoms with Gasteiger partial charge >= 0.3 is 0 Å². The Bertz CT molecular complexity index is 356. The molecule has 3 unspecified atom stereocenters. The SMILES string of the molecule is CCC(C)C1CN(CCCS(C)(=O)=O)C(CC)CN1. The van der Waals surface area contributed by atoms with E-state index in [1.54, 1.807) is 0 Å². The Kier molecular flexibility index (Phi) is 6.77. The molecule has 0 bridgehead atoms. The molecule has 19 heavy (non-hydrogen) atoms. The molecule has 1 heterocycles. The van der Waals surface area contributed by atoms with Crippen molar-refractivity contribution in [1.29, 1.82) is 0 Å². The third kappa shape index (κ3) is 5.79. The van der Waals surface area contributed by atoms with Crippen molar-refractivity contribution >= 4 is 9.84 Å². The summed E-state index contributed by atoms with van der Waals surface area (Å²) >= 11 is 0. The third-order valence-electron chi connectivity index (χ3n) is 4.33. The molecule has 1 N–H and O–H groups in total. The Labute approximate surface area is 118 Å². The minimum absolute atomic E-state index is 0.307. The summed E-state index contributed by atoms with van der Waals surface area (Å²) in [5.74, 6) is 0.983. The van der Waals surface area contributed by atoms with Crippen LogP contribution >= 0.6 is 0 Å². The molecule has 5 heteroatoms.